The van der Waals surface area contributed by atoms with Crippen LogP contribution in [0.25, 0.3) is 0 Å². The van der Waals surface area contributed by atoms with E-state index < -0.39 is 0 Å². The highest BCUT2D eigenvalue weighted by atomic mass is 16.5. The van der Waals surface area contributed by atoms with E-state index in [-0.39, 0.29) is 0 Å². The number of methoxy groups -OCH3 is 2. The molecule has 0 amide bonds. The van der Waals surface area contributed by atoms with E-state index in [0.29, 0.717) is 5.92 Å². The lowest BCUT2D eigenvalue weighted by Gasteiger charge is -2.18. The topological polar surface area (TPSA) is 18.5 Å². The van der Waals surface area contributed by atoms with Crippen molar-refractivity contribution in [2.24, 2.45) is 0 Å². The van der Waals surface area contributed by atoms with Gasteiger partial charge in [-0.1, -0.05) is 54.6 Å². The molecule has 3 aromatic rings. The van der Waals surface area contributed by atoms with Gasteiger partial charge < -0.3 is 9.47 Å². The van der Waals surface area contributed by atoms with Crippen LogP contribution in [0.5, 0.6) is 11.5 Å². The fourth-order valence-corrected chi connectivity index (χ4v) is 3.13. The predicted molar refractivity (Wildman–Crippen MR) is 103 cm³/mol. The van der Waals surface area contributed by atoms with Crippen LogP contribution >= 0.6 is 0 Å². The summed E-state index contributed by atoms with van der Waals surface area (Å²) in [4.78, 5) is 0. The third-order valence-corrected chi connectivity index (χ3v) is 4.55. The zero-order valence-corrected chi connectivity index (χ0v) is 14.8. The number of hydrogen-bond donors (Lipinski definition) is 0. The summed E-state index contributed by atoms with van der Waals surface area (Å²) < 4.78 is 10.6. The molecule has 3 aromatic carbocycles. The predicted octanol–water partition coefficient (Wildman–Crippen LogP) is 5.27. The van der Waals surface area contributed by atoms with E-state index in [4.69, 9.17) is 9.47 Å². The highest BCUT2D eigenvalue weighted by Gasteiger charge is 2.14. The lowest BCUT2D eigenvalue weighted by molar-refractivity contribution is 0.414. The molecule has 0 bridgehead atoms. The Labute approximate surface area is 150 Å². The highest BCUT2D eigenvalue weighted by molar-refractivity contribution is 5.34. The molecule has 128 valence electrons. The molecule has 0 radical (unpaired) electrons. The first-order chi connectivity index (χ1) is 12.3. The molecule has 25 heavy (non-hydrogen) atoms. The molecule has 0 aliphatic carbocycles. The van der Waals surface area contributed by atoms with Crippen molar-refractivity contribution >= 4 is 0 Å². The minimum absolute atomic E-state index is 0.418. The fourth-order valence-electron chi connectivity index (χ4n) is 3.13. The Morgan fingerprint density at radius 2 is 1.08 bits per heavy atom. The van der Waals surface area contributed by atoms with Gasteiger partial charge in [-0.25, -0.2) is 0 Å². The largest absolute Gasteiger partial charge is 0.497 e. The first-order valence-electron chi connectivity index (χ1n) is 8.59. The molecule has 2 nitrogen and oxygen atoms in total. The number of hydrogen-bond acceptors (Lipinski definition) is 2. The zero-order chi connectivity index (χ0) is 17.5. The second kappa shape index (κ2) is 8.39. The van der Waals surface area contributed by atoms with Gasteiger partial charge in [0.25, 0.3) is 0 Å². The van der Waals surface area contributed by atoms with Crippen LogP contribution in [0, 0.1) is 0 Å². The monoisotopic (exact) mass is 332 g/mol. The van der Waals surface area contributed by atoms with Crippen LogP contribution in [0.1, 0.15) is 22.6 Å². The summed E-state index contributed by atoms with van der Waals surface area (Å²) >= 11 is 0. The van der Waals surface area contributed by atoms with Crippen LogP contribution in [-0.4, -0.2) is 14.2 Å². The molecule has 0 N–H and O–H groups in total. The summed E-state index contributed by atoms with van der Waals surface area (Å²) in [5.41, 5.74) is 4.01. The molecular weight excluding hydrogens is 308 g/mol. The number of rotatable bonds is 7. The van der Waals surface area contributed by atoms with Crippen molar-refractivity contribution in [3.63, 3.8) is 0 Å². The molecule has 0 spiro atoms. The minimum atomic E-state index is 0.418. The molecule has 0 saturated heterocycles. The maximum atomic E-state index is 5.30. The summed E-state index contributed by atoms with van der Waals surface area (Å²) in [5, 5.41) is 0. The van der Waals surface area contributed by atoms with E-state index in [2.05, 4.69) is 54.6 Å². The maximum absolute atomic E-state index is 5.30. The molecule has 0 aliphatic rings. The van der Waals surface area contributed by atoms with Crippen LogP contribution < -0.4 is 9.47 Å². The average molecular weight is 332 g/mol. The lowest BCUT2D eigenvalue weighted by Crippen LogP contribution is -2.07. The van der Waals surface area contributed by atoms with Gasteiger partial charge in [-0.05, 0) is 59.7 Å². The fraction of sp³-hybridized carbons (Fsp3) is 0.217. The normalized spacial score (nSPS) is 11.8. The SMILES string of the molecule is COc1ccc(CC(Cc2ccccc2)c2ccc(OC)cc2)cc1. The Morgan fingerprint density at radius 3 is 1.60 bits per heavy atom. The lowest BCUT2D eigenvalue weighted by atomic mass is 9.86. The molecule has 0 saturated carbocycles. The molecule has 0 aliphatic heterocycles. The number of ether oxygens (including phenoxy) is 2. The van der Waals surface area contributed by atoms with Crippen molar-refractivity contribution in [2.45, 2.75) is 18.8 Å². The summed E-state index contributed by atoms with van der Waals surface area (Å²) in [6.07, 6.45) is 2.00. The Balaban J connectivity index is 1.84. The van der Waals surface area contributed by atoms with E-state index in [9.17, 15) is 0 Å². The van der Waals surface area contributed by atoms with Gasteiger partial charge in [0.05, 0.1) is 14.2 Å². The molecule has 0 heterocycles. The van der Waals surface area contributed by atoms with E-state index in [0.717, 1.165) is 24.3 Å². The van der Waals surface area contributed by atoms with Gasteiger partial charge in [0.15, 0.2) is 0 Å². The first kappa shape index (κ1) is 17.1. The van der Waals surface area contributed by atoms with Crippen molar-refractivity contribution in [2.75, 3.05) is 14.2 Å². The van der Waals surface area contributed by atoms with Crippen LogP contribution in [0.15, 0.2) is 78.9 Å². The summed E-state index contributed by atoms with van der Waals surface area (Å²) in [5.74, 6) is 2.21. The van der Waals surface area contributed by atoms with Crippen molar-refractivity contribution in [3.8, 4) is 11.5 Å². The summed E-state index contributed by atoms with van der Waals surface area (Å²) in [6.45, 7) is 0. The van der Waals surface area contributed by atoms with E-state index in [1.807, 2.05) is 24.3 Å². The first-order valence-corrected chi connectivity index (χ1v) is 8.59. The minimum Gasteiger partial charge on any atom is -0.497 e. The molecule has 3 rings (SSSR count). The molecular formula is C23H24O2. The van der Waals surface area contributed by atoms with E-state index >= 15 is 0 Å². The van der Waals surface area contributed by atoms with Gasteiger partial charge in [-0.3, -0.25) is 0 Å². The van der Waals surface area contributed by atoms with Crippen molar-refractivity contribution in [1.29, 1.82) is 0 Å². The molecule has 0 fully saturated rings. The third kappa shape index (κ3) is 4.63. The van der Waals surface area contributed by atoms with E-state index in [1.54, 1.807) is 14.2 Å². The van der Waals surface area contributed by atoms with Crippen molar-refractivity contribution in [3.05, 3.63) is 95.6 Å². The third-order valence-electron chi connectivity index (χ3n) is 4.55. The van der Waals surface area contributed by atoms with Crippen LogP contribution in [0.2, 0.25) is 0 Å². The quantitative estimate of drug-likeness (QED) is 0.586. The van der Waals surface area contributed by atoms with Gasteiger partial charge in [0.2, 0.25) is 0 Å². The van der Waals surface area contributed by atoms with Gasteiger partial charge >= 0.3 is 0 Å². The highest BCUT2D eigenvalue weighted by Crippen LogP contribution is 2.27. The Morgan fingerprint density at radius 1 is 0.600 bits per heavy atom. The number of benzene rings is 3. The Hall–Kier alpha value is -2.74. The van der Waals surface area contributed by atoms with Crippen LogP contribution in [0.3, 0.4) is 0 Å². The van der Waals surface area contributed by atoms with Crippen molar-refractivity contribution in [1.82, 2.24) is 0 Å². The molecule has 0 aromatic heterocycles. The van der Waals surface area contributed by atoms with Gasteiger partial charge in [0.1, 0.15) is 11.5 Å². The average Bonchev–Trinajstić information content (AvgIpc) is 2.69. The smallest absolute Gasteiger partial charge is 0.118 e. The summed E-state index contributed by atoms with van der Waals surface area (Å²) in [6, 6.07) is 27.5. The molecule has 1 atom stereocenters. The Kier molecular flexibility index (Phi) is 5.73. The van der Waals surface area contributed by atoms with E-state index in [1.165, 1.54) is 16.7 Å². The van der Waals surface area contributed by atoms with Crippen LogP contribution in [0.4, 0.5) is 0 Å². The maximum Gasteiger partial charge on any atom is 0.118 e. The second-order valence-corrected chi connectivity index (χ2v) is 6.21. The van der Waals surface area contributed by atoms with Gasteiger partial charge in [-0.2, -0.15) is 0 Å². The van der Waals surface area contributed by atoms with Crippen LogP contribution in [-0.2, 0) is 12.8 Å². The summed E-state index contributed by atoms with van der Waals surface area (Å²) in [7, 11) is 3.40. The molecule has 1 unspecified atom stereocenters. The van der Waals surface area contributed by atoms with Gasteiger partial charge in [-0.15, -0.1) is 0 Å². The van der Waals surface area contributed by atoms with Gasteiger partial charge in [0, 0.05) is 0 Å². The molecule has 2 heteroatoms. The van der Waals surface area contributed by atoms with Crippen molar-refractivity contribution < 1.29 is 9.47 Å². The standard InChI is InChI=1S/C23H24O2/c1-24-22-12-8-19(9-13-22)17-21(16-18-6-4-3-5-7-18)20-10-14-23(25-2)15-11-20/h3-15,21H,16-17H2,1-2H3. The zero-order valence-electron chi connectivity index (χ0n) is 14.8. The second-order valence-electron chi connectivity index (χ2n) is 6.21. The Bertz CT molecular complexity index is 761.